The van der Waals surface area contributed by atoms with Crippen LogP contribution in [0, 0.1) is 0 Å². The van der Waals surface area contributed by atoms with Gasteiger partial charge in [-0.3, -0.25) is 4.79 Å². The molecule has 3 aromatic rings. The molecule has 0 unspecified atom stereocenters. The SMILES string of the molecule is CCOc1ccc(/C=C2/CCCc3c2oc2ccc(C(=O)O)cc2c3=O)cc1. The first kappa shape index (κ1) is 18.0. The molecule has 142 valence electrons. The highest BCUT2D eigenvalue weighted by atomic mass is 16.5. The fourth-order valence-electron chi connectivity index (χ4n) is 3.59. The smallest absolute Gasteiger partial charge is 0.335 e. The zero-order valence-electron chi connectivity index (χ0n) is 15.5. The minimum absolute atomic E-state index is 0.0840. The maximum absolute atomic E-state index is 13.0. The van der Waals surface area contributed by atoms with Crippen LogP contribution in [0.4, 0.5) is 0 Å². The van der Waals surface area contributed by atoms with Crippen molar-refractivity contribution in [2.24, 2.45) is 0 Å². The van der Waals surface area contributed by atoms with Crippen molar-refractivity contribution in [3.05, 3.63) is 75.1 Å². The van der Waals surface area contributed by atoms with E-state index in [0.29, 0.717) is 35.3 Å². The van der Waals surface area contributed by atoms with Crippen LogP contribution in [0.5, 0.6) is 5.75 Å². The Morgan fingerprint density at radius 2 is 1.96 bits per heavy atom. The molecule has 1 N–H and O–H groups in total. The second kappa shape index (κ2) is 7.35. The zero-order valence-corrected chi connectivity index (χ0v) is 15.5. The van der Waals surface area contributed by atoms with Gasteiger partial charge in [0.1, 0.15) is 17.1 Å². The van der Waals surface area contributed by atoms with E-state index in [1.54, 1.807) is 6.07 Å². The number of fused-ring (bicyclic) bond motifs is 2. The molecule has 5 nitrogen and oxygen atoms in total. The average Bonchev–Trinajstić information content (AvgIpc) is 2.70. The molecule has 0 saturated carbocycles. The molecule has 0 amide bonds. The van der Waals surface area contributed by atoms with Crippen molar-refractivity contribution in [2.45, 2.75) is 26.2 Å². The molecular formula is C23H20O5. The number of carboxylic acid groups (broad SMARTS) is 1. The molecule has 5 heteroatoms. The minimum atomic E-state index is -1.06. The van der Waals surface area contributed by atoms with Gasteiger partial charge >= 0.3 is 5.97 Å². The van der Waals surface area contributed by atoms with Gasteiger partial charge in [0.2, 0.25) is 0 Å². The van der Waals surface area contributed by atoms with Crippen LogP contribution >= 0.6 is 0 Å². The highest BCUT2D eigenvalue weighted by Crippen LogP contribution is 2.33. The molecule has 1 aliphatic carbocycles. The summed E-state index contributed by atoms with van der Waals surface area (Å²) in [5.41, 5.74) is 2.96. The molecule has 0 radical (unpaired) electrons. The lowest BCUT2D eigenvalue weighted by Gasteiger charge is -2.18. The summed E-state index contributed by atoms with van der Waals surface area (Å²) in [5.74, 6) is 0.372. The van der Waals surface area contributed by atoms with E-state index in [2.05, 4.69) is 0 Å². The molecule has 1 aromatic heterocycles. The van der Waals surface area contributed by atoms with Gasteiger partial charge in [-0.05, 0) is 73.7 Å². The van der Waals surface area contributed by atoms with E-state index in [-0.39, 0.29) is 11.0 Å². The summed E-state index contributed by atoms with van der Waals surface area (Å²) in [6.45, 7) is 2.57. The summed E-state index contributed by atoms with van der Waals surface area (Å²) in [5, 5.41) is 9.50. The van der Waals surface area contributed by atoms with Crippen molar-refractivity contribution >= 4 is 28.6 Å². The van der Waals surface area contributed by atoms with Gasteiger partial charge in [-0.25, -0.2) is 4.79 Å². The van der Waals surface area contributed by atoms with Crippen LogP contribution in [0.25, 0.3) is 22.6 Å². The Labute approximate surface area is 161 Å². The summed E-state index contributed by atoms with van der Waals surface area (Å²) >= 11 is 0. The lowest BCUT2D eigenvalue weighted by molar-refractivity contribution is 0.0697. The first-order valence-corrected chi connectivity index (χ1v) is 9.33. The average molecular weight is 376 g/mol. The molecular weight excluding hydrogens is 356 g/mol. The number of carbonyl (C=O) groups is 1. The van der Waals surface area contributed by atoms with E-state index in [9.17, 15) is 14.7 Å². The van der Waals surface area contributed by atoms with Crippen molar-refractivity contribution in [2.75, 3.05) is 6.61 Å². The fourth-order valence-corrected chi connectivity index (χ4v) is 3.59. The molecule has 1 heterocycles. The summed E-state index contributed by atoms with van der Waals surface area (Å²) in [7, 11) is 0. The van der Waals surface area contributed by atoms with E-state index in [1.807, 2.05) is 37.3 Å². The van der Waals surface area contributed by atoms with E-state index >= 15 is 0 Å². The monoisotopic (exact) mass is 376 g/mol. The first-order chi connectivity index (χ1) is 13.6. The van der Waals surface area contributed by atoms with Gasteiger partial charge < -0.3 is 14.3 Å². The van der Waals surface area contributed by atoms with Crippen LogP contribution < -0.4 is 10.2 Å². The topological polar surface area (TPSA) is 76.7 Å². The van der Waals surface area contributed by atoms with Gasteiger partial charge in [-0.2, -0.15) is 0 Å². The van der Waals surface area contributed by atoms with Crippen LogP contribution in [0.3, 0.4) is 0 Å². The third-order valence-electron chi connectivity index (χ3n) is 4.93. The van der Waals surface area contributed by atoms with Crippen LogP contribution in [0.2, 0.25) is 0 Å². The van der Waals surface area contributed by atoms with Gasteiger partial charge in [0.15, 0.2) is 5.43 Å². The van der Waals surface area contributed by atoms with E-state index < -0.39 is 5.97 Å². The Hall–Kier alpha value is -3.34. The Balaban J connectivity index is 1.80. The van der Waals surface area contributed by atoms with Crippen molar-refractivity contribution in [3.8, 4) is 5.75 Å². The van der Waals surface area contributed by atoms with Gasteiger partial charge in [-0.15, -0.1) is 0 Å². The highest BCUT2D eigenvalue weighted by molar-refractivity contribution is 5.93. The maximum Gasteiger partial charge on any atom is 0.335 e. The van der Waals surface area contributed by atoms with Gasteiger partial charge in [0.05, 0.1) is 17.6 Å². The normalized spacial score (nSPS) is 14.8. The number of allylic oxidation sites excluding steroid dienone is 1. The molecule has 0 aliphatic heterocycles. The molecule has 2 aromatic carbocycles. The maximum atomic E-state index is 13.0. The predicted molar refractivity (Wildman–Crippen MR) is 108 cm³/mol. The summed E-state index contributed by atoms with van der Waals surface area (Å²) < 4.78 is 11.5. The number of carboxylic acids is 1. The molecule has 0 saturated heterocycles. The van der Waals surface area contributed by atoms with Crippen LogP contribution in [0.1, 0.15) is 47.0 Å². The molecule has 28 heavy (non-hydrogen) atoms. The number of hydrogen-bond donors (Lipinski definition) is 1. The number of benzene rings is 2. The Morgan fingerprint density at radius 3 is 2.68 bits per heavy atom. The number of hydrogen-bond acceptors (Lipinski definition) is 4. The summed E-state index contributed by atoms with van der Waals surface area (Å²) in [4.78, 5) is 24.2. The molecule has 0 atom stereocenters. The fraction of sp³-hybridized carbons (Fsp3) is 0.217. The number of rotatable bonds is 4. The van der Waals surface area contributed by atoms with Gasteiger partial charge in [0.25, 0.3) is 0 Å². The Morgan fingerprint density at radius 1 is 1.18 bits per heavy atom. The van der Waals surface area contributed by atoms with Crippen LogP contribution in [-0.4, -0.2) is 17.7 Å². The Kier molecular flexibility index (Phi) is 4.74. The first-order valence-electron chi connectivity index (χ1n) is 9.33. The van der Waals surface area contributed by atoms with Crippen molar-refractivity contribution in [1.82, 2.24) is 0 Å². The minimum Gasteiger partial charge on any atom is -0.494 e. The zero-order chi connectivity index (χ0) is 19.7. The Bertz CT molecular complexity index is 1140. The standard InChI is InChI=1S/C23H20O5/c1-2-27-17-9-6-14(7-10-17)12-15-4-3-5-18-21(24)19-13-16(23(25)26)8-11-20(19)28-22(15)18/h6-13H,2-5H2,1H3,(H,25,26)/b15-12-. The third-order valence-corrected chi connectivity index (χ3v) is 4.93. The molecule has 0 bridgehead atoms. The lowest BCUT2D eigenvalue weighted by Crippen LogP contribution is -2.16. The highest BCUT2D eigenvalue weighted by Gasteiger charge is 2.22. The van der Waals surface area contributed by atoms with Crippen molar-refractivity contribution in [3.63, 3.8) is 0 Å². The lowest BCUT2D eigenvalue weighted by atomic mass is 9.90. The van der Waals surface area contributed by atoms with Crippen molar-refractivity contribution in [1.29, 1.82) is 0 Å². The number of ether oxygens (including phenoxy) is 1. The second-order valence-corrected chi connectivity index (χ2v) is 6.78. The van der Waals surface area contributed by atoms with Crippen LogP contribution in [-0.2, 0) is 6.42 Å². The molecule has 0 spiro atoms. The van der Waals surface area contributed by atoms with E-state index in [1.165, 1.54) is 12.1 Å². The largest absolute Gasteiger partial charge is 0.494 e. The van der Waals surface area contributed by atoms with Crippen molar-refractivity contribution < 1.29 is 19.1 Å². The third kappa shape index (κ3) is 3.31. The van der Waals surface area contributed by atoms with E-state index in [4.69, 9.17) is 9.15 Å². The van der Waals surface area contributed by atoms with Gasteiger partial charge in [0, 0.05) is 5.56 Å². The predicted octanol–water partition coefficient (Wildman–Crippen LogP) is 4.77. The summed E-state index contributed by atoms with van der Waals surface area (Å²) in [6.07, 6.45) is 4.34. The van der Waals surface area contributed by atoms with Gasteiger partial charge in [-0.1, -0.05) is 12.1 Å². The van der Waals surface area contributed by atoms with E-state index in [0.717, 1.165) is 29.7 Å². The molecule has 0 fully saturated rings. The second-order valence-electron chi connectivity index (χ2n) is 6.78. The van der Waals surface area contributed by atoms with Crippen LogP contribution in [0.15, 0.2) is 51.7 Å². The quantitative estimate of drug-likeness (QED) is 0.710. The molecule has 4 rings (SSSR count). The summed E-state index contributed by atoms with van der Waals surface area (Å²) in [6, 6.07) is 12.2. The number of aromatic carboxylic acids is 1. The molecule has 1 aliphatic rings.